The molecule has 1 aromatic heterocycles. The van der Waals surface area contributed by atoms with Crippen molar-refractivity contribution in [3.05, 3.63) is 89.1 Å². The highest BCUT2D eigenvalue weighted by Crippen LogP contribution is 2.42. The monoisotopic (exact) mass is 392 g/mol. The third kappa shape index (κ3) is 3.53. The highest BCUT2D eigenvalue weighted by molar-refractivity contribution is 6.08. The second-order valence-corrected chi connectivity index (χ2v) is 7.64. The number of hydrogen-bond donors (Lipinski definition) is 1. The number of carbonyl (C=O) groups excluding carboxylic acids is 2. The van der Waals surface area contributed by atoms with E-state index in [4.69, 9.17) is 4.42 Å². The zero-order valence-electron chi connectivity index (χ0n) is 16.2. The van der Waals surface area contributed by atoms with Gasteiger partial charge in [0.1, 0.15) is 11.6 Å². The predicted octanol–water partition coefficient (Wildman–Crippen LogP) is 4.17. The molecule has 0 saturated carbocycles. The number of furan rings is 1. The van der Waals surface area contributed by atoms with Crippen LogP contribution in [0.25, 0.3) is 0 Å². The average molecular weight is 392 g/mol. The Labute approximate surface area is 168 Å². The summed E-state index contributed by atoms with van der Waals surface area (Å²) in [5, 5.41) is 2.82. The lowest BCUT2D eigenvalue weighted by Crippen LogP contribution is -2.35. The van der Waals surface area contributed by atoms with Crippen molar-refractivity contribution in [1.29, 1.82) is 0 Å². The lowest BCUT2D eigenvalue weighted by molar-refractivity contribution is -0.122. The van der Waals surface area contributed by atoms with Gasteiger partial charge >= 0.3 is 0 Å². The summed E-state index contributed by atoms with van der Waals surface area (Å²) in [6.45, 7) is 4.34. The number of benzene rings is 2. The van der Waals surface area contributed by atoms with Crippen molar-refractivity contribution in [3.8, 4) is 0 Å². The summed E-state index contributed by atoms with van der Waals surface area (Å²) in [6, 6.07) is 14.9. The summed E-state index contributed by atoms with van der Waals surface area (Å²) in [5.41, 5.74) is 2.15. The zero-order valence-corrected chi connectivity index (χ0v) is 16.2. The van der Waals surface area contributed by atoms with E-state index in [9.17, 15) is 14.0 Å². The molecule has 0 bridgehead atoms. The lowest BCUT2D eigenvalue weighted by atomic mass is 9.86. The average Bonchev–Trinajstić information content (AvgIpc) is 3.29. The highest BCUT2D eigenvalue weighted by atomic mass is 19.1. The number of anilines is 1. The topological polar surface area (TPSA) is 62.6 Å². The molecule has 1 aliphatic rings. The lowest BCUT2D eigenvalue weighted by Gasteiger charge is -2.20. The van der Waals surface area contributed by atoms with Crippen LogP contribution in [0.15, 0.2) is 65.3 Å². The Kier molecular flexibility index (Phi) is 4.70. The van der Waals surface area contributed by atoms with E-state index in [-0.39, 0.29) is 24.2 Å². The SMILES string of the molecule is CC1(C)C(=O)N(Cc2ccc(F)cc2)c2cc(C(=O)NCc3ccco3)ccc21. The van der Waals surface area contributed by atoms with Crippen molar-refractivity contribution < 1.29 is 18.4 Å². The summed E-state index contributed by atoms with van der Waals surface area (Å²) in [4.78, 5) is 27.3. The number of nitrogens with zero attached hydrogens (tertiary/aromatic N) is 1. The molecule has 0 spiro atoms. The first-order valence-electron chi connectivity index (χ1n) is 9.38. The molecule has 0 radical (unpaired) electrons. The first-order chi connectivity index (χ1) is 13.9. The predicted molar refractivity (Wildman–Crippen MR) is 107 cm³/mol. The molecule has 2 amide bonds. The molecule has 1 aliphatic heterocycles. The minimum Gasteiger partial charge on any atom is -0.467 e. The number of carbonyl (C=O) groups is 2. The number of rotatable bonds is 5. The second-order valence-electron chi connectivity index (χ2n) is 7.64. The molecule has 29 heavy (non-hydrogen) atoms. The fourth-order valence-corrected chi connectivity index (χ4v) is 3.60. The fourth-order valence-electron chi connectivity index (χ4n) is 3.60. The van der Waals surface area contributed by atoms with Gasteiger partial charge in [-0.3, -0.25) is 9.59 Å². The molecule has 4 rings (SSSR count). The van der Waals surface area contributed by atoms with Crippen LogP contribution in [0.5, 0.6) is 0 Å². The van der Waals surface area contributed by atoms with Gasteiger partial charge in [-0.05, 0) is 61.4 Å². The van der Waals surface area contributed by atoms with Gasteiger partial charge in [-0.2, -0.15) is 0 Å². The van der Waals surface area contributed by atoms with Crippen molar-refractivity contribution >= 4 is 17.5 Å². The van der Waals surface area contributed by atoms with Crippen LogP contribution in [-0.4, -0.2) is 11.8 Å². The maximum atomic E-state index is 13.2. The van der Waals surface area contributed by atoms with Gasteiger partial charge in [-0.15, -0.1) is 0 Å². The van der Waals surface area contributed by atoms with Crippen molar-refractivity contribution in [2.24, 2.45) is 0 Å². The van der Waals surface area contributed by atoms with Crippen LogP contribution in [-0.2, 0) is 23.3 Å². The van der Waals surface area contributed by atoms with E-state index >= 15 is 0 Å². The van der Waals surface area contributed by atoms with Crippen molar-refractivity contribution in [3.63, 3.8) is 0 Å². The van der Waals surface area contributed by atoms with Crippen LogP contribution in [0.1, 0.15) is 41.1 Å². The summed E-state index contributed by atoms with van der Waals surface area (Å²) < 4.78 is 18.5. The molecule has 6 heteroatoms. The van der Waals surface area contributed by atoms with Crippen LogP contribution in [0.2, 0.25) is 0 Å². The van der Waals surface area contributed by atoms with Crippen LogP contribution in [0.3, 0.4) is 0 Å². The molecule has 148 valence electrons. The summed E-state index contributed by atoms with van der Waals surface area (Å²) in [5.74, 6) is 0.0413. The maximum Gasteiger partial charge on any atom is 0.251 e. The largest absolute Gasteiger partial charge is 0.467 e. The molecule has 0 unspecified atom stereocenters. The quantitative estimate of drug-likeness (QED) is 0.709. The van der Waals surface area contributed by atoms with Gasteiger partial charge < -0.3 is 14.6 Å². The Morgan fingerprint density at radius 1 is 1.14 bits per heavy atom. The third-order valence-electron chi connectivity index (χ3n) is 5.26. The normalized spacial score (nSPS) is 14.7. The van der Waals surface area contributed by atoms with Gasteiger partial charge in [0.15, 0.2) is 0 Å². The summed E-state index contributed by atoms with van der Waals surface area (Å²) >= 11 is 0. The number of fused-ring (bicyclic) bond motifs is 1. The molecule has 0 aliphatic carbocycles. The summed E-state index contributed by atoms with van der Waals surface area (Å²) in [7, 11) is 0. The first kappa shape index (κ1) is 18.9. The van der Waals surface area contributed by atoms with E-state index < -0.39 is 5.41 Å². The van der Waals surface area contributed by atoms with Crippen LogP contribution in [0.4, 0.5) is 10.1 Å². The minimum atomic E-state index is -0.696. The van der Waals surface area contributed by atoms with E-state index in [0.717, 1.165) is 11.1 Å². The minimum absolute atomic E-state index is 0.0510. The number of nitrogens with one attached hydrogen (secondary N) is 1. The van der Waals surface area contributed by atoms with Gasteiger partial charge in [0.05, 0.1) is 24.8 Å². The third-order valence-corrected chi connectivity index (χ3v) is 5.26. The van der Waals surface area contributed by atoms with E-state index in [2.05, 4.69) is 5.32 Å². The van der Waals surface area contributed by atoms with Crippen molar-refractivity contribution in [2.75, 3.05) is 4.90 Å². The molecule has 5 nitrogen and oxygen atoms in total. The van der Waals surface area contributed by atoms with Gasteiger partial charge in [0, 0.05) is 11.3 Å². The molecule has 0 atom stereocenters. The number of hydrogen-bond acceptors (Lipinski definition) is 3. The van der Waals surface area contributed by atoms with Crippen LogP contribution in [0, 0.1) is 5.82 Å². The summed E-state index contributed by atoms with van der Waals surface area (Å²) in [6.07, 6.45) is 1.55. The molecule has 0 saturated heterocycles. The van der Waals surface area contributed by atoms with Crippen LogP contribution >= 0.6 is 0 Å². The van der Waals surface area contributed by atoms with Gasteiger partial charge in [-0.1, -0.05) is 18.2 Å². The molecule has 3 aromatic rings. The molecule has 2 aromatic carbocycles. The molecule has 1 N–H and O–H groups in total. The van der Waals surface area contributed by atoms with E-state index in [1.54, 1.807) is 47.6 Å². The fraction of sp³-hybridized carbons (Fsp3) is 0.217. The number of amides is 2. The van der Waals surface area contributed by atoms with E-state index in [1.807, 2.05) is 19.9 Å². The van der Waals surface area contributed by atoms with Crippen molar-refractivity contribution in [2.45, 2.75) is 32.4 Å². The Morgan fingerprint density at radius 2 is 1.90 bits per heavy atom. The molecular formula is C23H21FN2O3. The smallest absolute Gasteiger partial charge is 0.251 e. The van der Waals surface area contributed by atoms with E-state index in [1.165, 1.54) is 12.1 Å². The Morgan fingerprint density at radius 3 is 2.59 bits per heavy atom. The standard InChI is InChI=1S/C23H21FN2O3/c1-23(2)19-10-7-16(21(27)25-13-18-4-3-11-29-18)12-20(19)26(22(23)28)14-15-5-8-17(24)9-6-15/h3-12H,13-14H2,1-2H3,(H,25,27). The van der Waals surface area contributed by atoms with E-state index in [0.29, 0.717) is 23.6 Å². The van der Waals surface area contributed by atoms with Gasteiger partial charge in [0.25, 0.3) is 5.91 Å². The molecular weight excluding hydrogens is 371 g/mol. The van der Waals surface area contributed by atoms with Gasteiger partial charge in [0.2, 0.25) is 5.91 Å². The zero-order chi connectivity index (χ0) is 20.6. The van der Waals surface area contributed by atoms with Crippen molar-refractivity contribution in [1.82, 2.24) is 5.32 Å². The highest BCUT2D eigenvalue weighted by Gasteiger charge is 2.44. The maximum absolute atomic E-state index is 13.2. The Bertz CT molecular complexity index is 1060. The Hall–Kier alpha value is -3.41. The number of halogens is 1. The first-order valence-corrected chi connectivity index (χ1v) is 9.38. The molecule has 2 heterocycles. The van der Waals surface area contributed by atoms with Crippen LogP contribution < -0.4 is 10.2 Å². The Balaban J connectivity index is 1.61. The van der Waals surface area contributed by atoms with Gasteiger partial charge in [-0.25, -0.2) is 4.39 Å². The second kappa shape index (κ2) is 7.20. The molecule has 0 fully saturated rings.